The summed E-state index contributed by atoms with van der Waals surface area (Å²) in [5.41, 5.74) is -0.345. The minimum absolute atomic E-state index is 0.0779. The van der Waals surface area contributed by atoms with Gasteiger partial charge in [0.1, 0.15) is 5.60 Å². The van der Waals surface area contributed by atoms with E-state index in [1.807, 2.05) is 19.3 Å². The number of aromatic nitrogens is 2. The van der Waals surface area contributed by atoms with Gasteiger partial charge in [0.2, 0.25) is 0 Å². The molecule has 1 aliphatic carbocycles. The van der Waals surface area contributed by atoms with E-state index >= 15 is 0 Å². The number of rotatable bonds is 3. The third-order valence-corrected chi connectivity index (χ3v) is 3.31. The van der Waals surface area contributed by atoms with E-state index in [1.165, 1.54) is 0 Å². The minimum Gasteiger partial charge on any atom is -0.382 e. The van der Waals surface area contributed by atoms with E-state index in [2.05, 4.69) is 5.10 Å². The zero-order valence-corrected chi connectivity index (χ0v) is 9.65. The van der Waals surface area contributed by atoms with Crippen LogP contribution in [0.4, 0.5) is 0 Å². The molecule has 4 heteroatoms. The molecule has 0 unspecified atom stereocenters. The summed E-state index contributed by atoms with van der Waals surface area (Å²) < 4.78 is 1.67. The standard InChI is InChI=1S/C12H18N2O2/c1-14-8-5-10(13-14)9-11(15)12(16)6-3-2-4-7-12/h5,8,16H,2-4,6-7,9H2,1H3. The van der Waals surface area contributed by atoms with Crippen molar-refractivity contribution in [2.45, 2.75) is 44.1 Å². The van der Waals surface area contributed by atoms with E-state index in [1.54, 1.807) is 4.68 Å². The maximum atomic E-state index is 12.0. The van der Waals surface area contributed by atoms with Gasteiger partial charge in [0.25, 0.3) is 0 Å². The van der Waals surface area contributed by atoms with Crippen LogP contribution >= 0.6 is 0 Å². The van der Waals surface area contributed by atoms with Gasteiger partial charge in [-0.05, 0) is 18.9 Å². The van der Waals surface area contributed by atoms with Crippen LogP contribution in [0.15, 0.2) is 12.3 Å². The molecule has 88 valence electrons. The van der Waals surface area contributed by atoms with Crippen LogP contribution in [0.1, 0.15) is 37.8 Å². The second-order valence-corrected chi connectivity index (χ2v) is 4.67. The molecular formula is C12H18N2O2. The molecule has 0 atom stereocenters. The van der Waals surface area contributed by atoms with Crippen molar-refractivity contribution in [3.63, 3.8) is 0 Å². The van der Waals surface area contributed by atoms with Crippen LogP contribution in [-0.4, -0.2) is 26.3 Å². The number of aryl methyl sites for hydroxylation is 1. The van der Waals surface area contributed by atoms with E-state index < -0.39 is 5.60 Å². The number of carbonyl (C=O) groups is 1. The maximum Gasteiger partial charge on any atom is 0.170 e. The van der Waals surface area contributed by atoms with Crippen molar-refractivity contribution in [2.24, 2.45) is 7.05 Å². The summed E-state index contributed by atoms with van der Waals surface area (Å²) >= 11 is 0. The summed E-state index contributed by atoms with van der Waals surface area (Å²) in [5.74, 6) is -0.0779. The molecule has 0 bridgehead atoms. The second kappa shape index (κ2) is 4.37. The molecule has 0 aromatic carbocycles. The molecule has 1 aromatic rings. The Kier molecular flexibility index (Phi) is 3.10. The second-order valence-electron chi connectivity index (χ2n) is 4.67. The van der Waals surface area contributed by atoms with Crippen LogP contribution in [0.2, 0.25) is 0 Å². The van der Waals surface area contributed by atoms with Crippen molar-refractivity contribution in [1.29, 1.82) is 0 Å². The van der Waals surface area contributed by atoms with Gasteiger partial charge in [-0.3, -0.25) is 9.48 Å². The normalized spacial score (nSPS) is 19.6. The lowest BCUT2D eigenvalue weighted by molar-refractivity contribution is -0.139. The van der Waals surface area contributed by atoms with E-state index in [9.17, 15) is 9.90 Å². The van der Waals surface area contributed by atoms with Crippen molar-refractivity contribution in [3.8, 4) is 0 Å². The Balaban J connectivity index is 2.01. The molecule has 1 aliphatic rings. The number of ketones is 1. The number of carbonyl (C=O) groups excluding carboxylic acids is 1. The Labute approximate surface area is 95.3 Å². The van der Waals surface area contributed by atoms with Crippen molar-refractivity contribution < 1.29 is 9.90 Å². The monoisotopic (exact) mass is 222 g/mol. The molecule has 4 nitrogen and oxygen atoms in total. The Morgan fingerprint density at radius 3 is 2.75 bits per heavy atom. The minimum atomic E-state index is -1.09. The molecular weight excluding hydrogens is 204 g/mol. The van der Waals surface area contributed by atoms with Crippen LogP contribution in [0, 0.1) is 0 Å². The molecule has 1 N–H and O–H groups in total. The van der Waals surface area contributed by atoms with Crippen LogP contribution < -0.4 is 0 Å². The van der Waals surface area contributed by atoms with Gasteiger partial charge in [-0.25, -0.2) is 0 Å². The van der Waals surface area contributed by atoms with Crippen molar-refractivity contribution in [2.75, 3.05) is 0 Å². The zero-order valence-electron chi connectivity index (χ0n) is 9.65. The lowest BCUT2D eigenvalue weighted by atomic mass is 9.80. The molecule has 0 radical (unpaired) electrons. The number of hydrogen-bond acceptors (Lipinski definition) is 3. The van der Waals surface area contributed by atoms with E-state index in [4.69, 9.17) is 0 Å². The lowest BCUT2D eigenvalue weighted by Crippen LogP contribution is -2.41. The van der Waals surface area contributed by atoms with Crippen molar-refractivity contribution in [3.05, 3.63) is 18.0 Å². The average Bonchev–Trinajstić information content (AvgIpc) is 2.65. The van der Waals surface area contributed by atoms with Gasteiger partial charge in [-0.2, -0.15) is 5.10 Å². The van der Waals surface area contributed by atoms with Gasteiger partial charge in [0.15, 0.2) is 5.78 Å². The highest BCUT2D eigenvalue weighted by Gasteiger charge is 2.36. The first-order valence-electron chi connectivity index (χ1n) is 5.84. The summed E-state index contributed by atoms with van der Waals surface area (Å²) in [6, 6.07) is 1.82. The van der Waals surface area contributed by atoms with Crippen LogP contribution in [-0.2, 0) is 18.3 Å². The molecule has 1 saturated carbocycles. The maximum absolute atomic E-state index is 12.0. The first-order valence-corrected chi connectivity index (χ1v) is 5.84. The number of aliphatic hydroxyl groups is 1. The van der Waals surface area contributed by atoms with Crippen LogP contribution in [0.3, 0.4) is 0 Å². The molecule has 1 heterocycles. The van der Waals surface area contributed by atoms with E-state index in [-0.39, 0.29) is 12.2 Å². The fourth-order valence-electron chi connectivity index (χ4n) is 2.30. The Morgan fingerprint density at radius 1 is 1.50 bits per heavy atom. The fourth-order valence-corrected chi connectivity index (χ4v) is 2.30. The van der Waals surface area contributed by atoms with Crippen molar-refractivity contribution in [1.82, 2.24) is 9.78 Å². The van der Waals surface area contributed by atoms with Gasteiger partial charge in [-0.1, -0.05) is 19.3 Å². The predicted octanol–water partition coefficient (Wildman–Crippen LogP) is 1.23. The molecule has 0 saturated heterocycles. The summed E-state index contributed by atoms with van der Waals surface area (Å²) in [6.07, 6.45) is 6.30. The number of nitrogens with zero attached hydrogens (tertiary/aromatic N) is 2. The highest BCUT2D eigenvalue weighted by Crippen LogP contribution is 2.29. The first kappa shape index (κ1) is 11.3. The van der Waals surface area contributed by atoms with Gasteiger partial charge in [0, 0.05) is 13.2 Å². The van der Waals surface area contributed by atoms with Crippen LogP contribution in [0.25, 0.3) is 0 Å². The molecule has 2 rings (SSSR count). The summed E-state index contributed by atoms with van der Waals surface area (Å²) in [6.45, 7) is 0. The molecule has 0 amide bonds. The average molecular weight is 222 g/mol. The Morgan fingerprint density at radius 2 is 2.19 bits per heavy atom. The molecule has 1 aromatic heterocycles. The molecule has 1 fully saturated rings. The Hall–Kier alpha value is -1.16. The topological polar surface area (TPSA) is 55.1 Å². The van der Waals surface area contributed by atoms with Gasteiger partial charge in [-0.15, -0.1) is 0 Å². The third kappa shape index (κ3) is 2.32. The highest BCUT2D eigenvalue weighted by molar-refractivity contribution is 5.88. The predicted molar refractivity (Wildman–Crippen MR) is 60.0 cm³/mol. The SMILES string of the molecule is Cn1ccc(CC(=O)C2(O)CCCCC2)n1. The largest absolute Gasteiger partial charge is 0.382 e. The fraction of sp³-hybridized carbons (Fsp3) is 0.667. The number of hydrogen-bond donors (Lipinski definition) is 1. The van der Waals surface area contributed by atoms with E-state index in [0.717, 1.165) is 25.0 Å². The van der Waals surface area contributed by atoms with Gasteiger partial charge in [0.05, 0.1) is 12.1 Å². The van der Waals surface area contributed by atoms with E-state index in [0.29, 0.717) is 12.8 Å². The summed E-state index contributed by atoms with van der Waals surface area (Å²) in [5, 5.41) is 14.4. The van der Waals surface area contributed by atoms with Crippen molar-refractivity contribution >= 4 is 5.78 Å². The van der Waals surface area contributed by atoms with Crippen LogP contribution in [0.5, 0.6) is 0 Å². The summed E-state index contributed by atoms with van der Waals surface area (Å²) in [7, 11) is 1.82. The Bertz CT molecular complexity index is 378. The van der Waals surface area contributed by atoms with Gasteiger partial charge < -0.3 is 5.11 Å². The molecule has 0 spiro atoms. The lowest BCUT2D eigenvalue weighted by Gasteiger charge is -2.30. The molecule has 16 heavy (non-hydrogen) atoms. The summed E-state index contributed by atoms with van der Waals surface area (Å²) in [4.78, 5) is 12.0. The smallest absolute Gasteiger partial charge is 0.170 e. The number of Topliss-reactive ketones (excluding diaryl/α,β-unsaturated/α-hetero) is 1. The first-order chi connectivity index (χ1) is 7.60. The van der Waals surface area contributed by atoms with Gasteiger partial charge >= 0.3 is 0 Å². The highest BCUT2D eigenvalue weighted by atomic mass is 16.3. The zero-order chi connectivity index (χ0) is 11.6. The third-order valence-electron chi connectivity index (χ3n) is 3.31. The molecule has 0 aliphatic heterocycles. The quantitative estimate of drug-likeness (QED) is 0.836.